The van der Waals surface area contributed by atoms with Crippen LogP contribution in [0.1, 0.15) is 29.6 Å². The van der Waals surface area contributed by atoms with E-state index in [9.17, 15) is 0 Å². The Balaban J connectivity index is 1.40. The van der Waals surface area contributed by atoms with Crippen LogP contribution in [0.5, 0.6) is 5.75 Å². The van der Waals surface area contributed by atoms with Gasteiger partial charge in [0.15, 0.2) is 11.0 Å². The predicted molar refractivity (Wildman–Crippen MR) is 123 cm³/mol. The first kappa shape index (κ1) is 20.6. The van der Waals surface area contributed by atoms with E-state index in [-0.39, 0.29) is 0 Å². The van der Waals surface area contributed by atoms with Crippen molar-refractivity contribution < 1.29 is 4.74 Å². The molecule has 0 atom stereocenters. The molecular formula is C23H24N4OS2. The summed E-state index contributed by atoms with van der Waals surface area (Å²) in [6.07, 6.45) is 0. The summed E-state index contributed by atoms with van der Waals surface area (Å²) in [7, 11) is 0. The molecule has 154 valence electrons. The van der Waals surface area contributed by atoms with Crippen molar-refractivity contribution in [2.24, 2.45) is 0 Å². The second-order valence-corrected chi connectivity index (χ2v) is 8.85. The van der Waals surface area contributed by atoms with Gasteiger partial charge in [-0.15, -0.1) is 21.5 Å². The highest BCUT2D eigenvalue weighted by molar-refractivity contribution is 7.98. The number of hydrogen-bond donors (Lipinski definition) is 0. The van der Waals surface area contributed by atoms with Gasteiger partial charge in [0.05, 0.1) is 5.69 Å². The van der Waals surface area contributed by atoms with Crippen molar-refractivity contribution in [3.63, 3.8) is 0 Å². The fourth-order valence-electron chi connectivity index (χ4n) is 3.24. The maximum absolute atomic E-state index is 5.98. The third-order valence-electron chi connectivity index (χ3n) is 4.59. The van der Waals surface area contributed by atoms with E-state index in [0.29, 0.717) is 6.61 Å². The summed E-state index contributed by atoms with van der Waals surface area (Å²) in [5, 5.41) is 12.8. The van der Waals surface area contributed by atoms with Gasteiger partial charge in [-0.1, -0.05) is 48.2 Å². The molecule has 5 nitrogen and oxygen atoms in total. The van der Waals surface area contributed by atoms with Crippen molar-refractivity contribution in [3.8, 4) is 16.3 Å². The minimum Gasteiger partial charge on any atom is -0.486 e. The Labute approximate surface area is 185 Å². The van der Waals surface area contributed by atoms with Crippen LogP contribution >= 0.6 is 23.1 Å². The normalized spacial score (nSPS) is 11.0. The average Bonchev–Trinajstić information content (AvgIpc) is 3.37. The molecule has 4 rings (SSSR count). The standard InChI is InChI=1S/C23H24N4OS2/c1-4-27-21(13-28-20-11-16(2)10-17(3)12-20)25-26-23(27)30-15-19-14-29-22(24-19)18-8-6-5-7-9-18/h5-12,14H,4,13,15H2,1-3H3. The van der Waals surface area contributed by atoms with Crippen LogP contribution in [0.15, 0.2) is 59.1 Å². The Hall–Kier alpha value is -2.64. The van der Waals surface area contributed by atoms with Crippen LogP contribution in [0.4, 0.5) is 0 Å². The molecule has 4 aromatic rings. The van der Waals surface area contributed by atoms with E-state index in [2.05, 4.69) is 59.1 Å². The molecule has 0 radical (unpaired) electrons. The Kier molecular flexibility index (Phi) is 6.50. The summed E-state index contributed by atoms with van der Waals surface area (Å²) in [6.45, 7) is 7.45. The second-order valence-electron chi connectivity index (χ2n) is 7.05. The number of nitrogens with zero attached hydrogens (tertiary/aromatic N) is 4. The SMILES string of the molecule is CCn1c(COc2cc(C)cc(C)c2)nnc1SCc1csc(-c2ccccc2)n1. The van der Waals surface area contributed by atoms with Crippen LogP contribution in [0, 0.1) is 13.8 Å². The number of benzene rings is 2. The maximum atomic E-state index is 5.98. The van der Waals surface area contributed by atoms with Crippen molar-refractivity contribution in [1.29, 1.82) is 0 Å². The summed E-state index contributed by atoms with van der Waals surface area (Å²) >= 11 is 3.33. The zero-order valence-electron chi connectivity index (χ0n) is 17.3. The molecular weight excluding hydrogens is 412 g/mol. The number of thiazole rings is 1. The molecule has 0 bridgehead atoms. The van der Waals surface area contributed by atoms with Crippen molar-refractivity contribution in [2.75, 3.05) is 0 Å². The quantitative estimate of drug-likeness (QED) is 0.321. The zero-order chi connectivity index (χ0) is 20.9. The summed E-state index contributed by atoms with van der Waals surface area (Å²) in [4.78, 5) is 4.77. The van der Waals surface area contributed by atoms with E-state index in [1.54, 1.807) is 23.1 Å². The molecule has 0 N–H and O–H groups in total. The highest BCUT2D eigenvalue weighted by Gasteiger charge is 2.13. The lowest BCUT2D eigenvalue weighted by Crippen LogP contribution is -2.07. The minimum atomic E-state index is 0.402. The third kappa shape index (κ3) is 4.91. The number of aromatic nitrogens is 4. The van der Waals surface area contributed by atoms with Gasteiger partial charge in [-0.3, -0.25) is 0 Å². The average molecular weight is 437 g/mol. The molecule has 0 fully saturated rings. The lowest BCUT2D eigenvalue weighted by molar-refractivity contribution is 0.288. The Morgan fingerprint density at radius 2 is 1.80 bits per heavy atom. The number of thioether (sulfide) groups is 1. The fraction of sp³-hybridized carbons (Fsp3) is 0.261. The van der Waals surface area contributed by atoms with Crippen LogP contribution in [0.25, 0.3) is 10.6 Å². The smallest absolute Gasteiger partial charge is 0.191 e. The van der Waals surface area contributed by atoms with Gasteiger partial charge in [0, 0.05) is 23.2 Å². The van der Waals surface area contributed by atoms with E-state index in [4.69, 9.17) is 9.72 Å². The number of ether oxygens (including phenoxy) is 1. The van der Waals surface area contributed by atoms with Gasteiger partial charge >= 0.3 is 0 Å². The number of hydrogen-bond acceptors (Lipinski definition) is 6. The monoisotopic (exact) mass is 436 g/mol. The van der Waals surface area contributed by atoms with Gasteiger partial charge in [0.2, 0.25) is 0 Å². The van der Waals surface area contributed by atoms with Crippen LogP contribution < -0.4 is 4.74 Å². The van der Waals surface area contributed by atoms with Crippen LogP contribution in [0.2, 0.25) is 0 Å². The molecule has 0 aliphatic heterocycles. The molecule has 0 unspecified atom stereocenters. The molecule has 0 amide bonds. The van der Waals surface area contributed by atoms with E-state index in [1.807, 2.05) is 30.3 Å². The molecule has 2 aromatic heterocycles. The topological polar surface area (TPSA) is 52.8 Å². The first-order chi connectivity index (χ1) is 14.6. The van der Waals surface area contributed by atoms with Crippen LogP contribution in [-0.4, -0.2) is 19.7 Å². The van der Waals surface area contributed by atoms with Crippen LogP contribution in [-0.2, 0) is 18.9 Å². The molecule has 2 aromatic carbocycles. The van der Waals surface area contributed by atoms with Crippen molar-refractivity contribution >= 4 is 23.1 Å². The summed E-state index contributed by atoms with van der Waals surface area (Å²) in [5.41, 5.74) is 4.59. The predicted octanol–water partition coefficient (Wildman–Crippen LogP) is 5.91. The van der Waals surface area contributed by atoms with E-state index in [0.717, 1.165) is 45.3 Å². The molecule has 0 saturated heterocycles. The minimum absolute atomic E-state index is 0.402. The zero-order valence-corrected chi connectivity index (χ0v) is 19.0. The van der Waals surface area contributed by atoms with Crippen LogP contribution in [0.3, 0.4) is 0 Å². The maximum Gasteiger partial charge on any atom is 0.191 e. The summed E-state index contributed by atoms with van der Waals surface area (Å²) in [6, 6.07) is 16.5. The molecule has 30 heavy (non-hydrogen) atoms. The van der Waals surface area contributed by atoms with E-state index >= 15 is 0 Å². The van der Waals surface area contributed by atoms with Gasteiger partial charge in [-0.25, -0.2) is 4.98 Å². The molecule has 0 saturated carbocycles. The Morgan fingerprint density at radius 1 is 1.03 bits per heavy atom. The Morgan fingerprint density at radius 3 is 2.53 bits per heavy atom. The lowest BCUT2D eigenvalue weighted by Gasteiger charge is -2.10. The molecule has 0 aliphatic carbocycles. The van der Waals surface area contributed by atoms with Gasteiger partial charge in [-0.05, 0) is 44.0 Å². The van der Waals surface area contributed by atoms with Crippen molar-refractivity contribution in [2.45, 2.75) is 44.8 Å². The molecule has 2 heterocycles. The van der Waals surface area contributed by atoms with E-state index in [1.165, 1.54) is 11.1 Å². The first-order valence-corrected chi connectivity index (χ1v) is 11.7. The van der Waals surface area contributed by atoms with Gasteiger partial charge in [0.25, 0.3) is 0 Å². The van der Waals surface area contributed by atoms with E-state index < -0.39 is 0 Å². The van der Waals surface area contributed by atoms with Gasteiger partial charge < -0.3 is 9.30 Å². The third-order valence-corrected chi connectivity index (χ3v) is 6.53. The highest BCUT2D eigenvalue weighted by atomic mass is 32.2. The number of rotatable bonds is 8. The lowest BCUT2D eigenvalue weighted by atomic mass is 10.1. The molecule has 7 heteroatoms. The fourth-order valence-corrected chi connectivity index (χ4v) is 5.08. The van der Waals surface area contributed by atoms with Gasteiger partial charge in [-0.2, -0.15) is 0 Å². The first-order valence-electron chi connectivity index (χ1n) is 9.88. The highest BCUT2D eigenvalue weighted by Crippen LogP contribution is 2.28. The van der Waals surface area contributed by atoms with Crippen molar-refractivity contribution in [3.05, 3.63) is 76.6 Å². The van der Waals surface area contributed by atoms with Crippen molar-refractivity contribution in [1.82, 2.24) is 19.7 Å². The Bertz CT molecular complexity index is 1100. The van der Waals surface area contributed by atoms with Gasteiger partial charge in [0.1, 0.15) is 17.4 Å². The number of aryl methyl sites for hydroxylation is 2. The molecule has 0 aliphatic rings. The second kappa shape index (κ2) is 9.45. The largest absolute Gasteiger partial charge is 0.486 e. The summed E-state index contributed by atoms with van der Waals surface area (Å²) in [5.74, 6) is 2.46. The molecule has 0 spiro atoms. The summed E-state index contributed by atoms with van der Waals surface area (Å²) < 4.78 is 8.09.